The molecule has 1 atom stereocenters. The van der Waals surface area contributed by atoms with Gasteiger partial charge in [0.1, 0.15) is 0 Å². The van der Waals surface area contributed by atoms with Gasteiger partial charge in [0.2, 0.25) is 0 Å². The van der Waals surface area contributed by atoms with E-state index < -0.39 is 0 Å². The Bertz CT molecular complexity index is 115. The van der Waals surface area contributed by atoms with E-state index in [1.807, 2.05) is 18.7 Å². The van der Waals surface area contributed by atoms with E-state index in [0.29, 0.717) is 6.04 Å². The van der Waals surface area contributed by atoms with Gasteiger partial charge in [-0.1, -0.05) is 5.57 Å². The average Bonchev–Trinajstić information content (AvgIpc) is 1.97. The molecule has 0 aliphatic rings. The molecule has 66 valence electrons. The zero-order chi connectivity index (χ0) is 8.69. The minimum atomic E-state index is 0.432. The summed E-state index contributed by atoms with van der Waals surface area (Å²) in [7, 11) is 0. The first-order chi connectivity index (χ1) is 5.20. The Labute approximate surface area is 73.6 Å². The van der Waals surface area contributed by atoms with Crippen molar-refractivity contribution in [3.63, 3.8) is 0 Å². The normalized spacial score (nSPS) is 13.0. The lowest BCUT2D eigenvalue weighted by Crippen LogP contribution is -2.36. The number of hydrogen-bond donors (Lipinski definition) is 2. The second-order valence-electron chi connectivity index (χ2n) is 2.81. The quantitative estimate of drug-likeness (QED) is 0.364. The van der Waals surface area contributed by atoms with Gasteiger partial charge >= 0.3 is 0 Å². The van der Waals surface area contributed by atoms with Gasteiger partial charge in [-0.25, -0.2) is 0 Å². The van der Waals surface area contributed by atoms with Crippen LogP contribution in [0.25, 0.3) is 0 Å². The zero-order valence-corrected chi connectivity index (χ0v) is 8.21. The minimum absolute atomic E-state index is 0.432. The lowest BCUT2D eigenvalue weighted by Gasteiger charge is -2.13. The topological polar surface area (TPSA) is 38.0 Å². The molecular weight excluding hydrogens is 156 g/mol. The van der Waals surface area contributed by atoms with Crippen molar-refractivity contribution < 1.29 is 0 Å². The lowest BCUT2D eigenvalue weighted by atomic mass is 10.1. The maximum absolute atomic E-state index is 5.35. The molecule has 0 amide bonds. The predicted octanol–water partition coefficient (Wildman–Crippen LogP) is 1.54. The molecule has 0 aliphatic heterocycles. The van der Waals surface area contributed by atoms with Crippen LogP contribution in [-0.2, 0) is 0 Å². The van der Waals surface area contributed by atoms with E-state index in [9.17, 15) is 0 Å². The number of hydrazine groups is 1. The number of nitrogens with one attached hydrogen (secondary N) is 1. The summed E-state index contributed by atoms with van der Waals surface area (Å²) in [6.45, 7) is 5.89. The van der Waals surface area contributed by atoms with E-state index in [1.54, 1.807) is 0 Å². The van der Waals surface area contributed by atoms with Crippen LogP contribution in [0.1, 0.15) is 19.8 Å². The van der Waals surface area contributed by atoms with Crippen molar-refractivity contribution in [3.05, 3.63) is 12.2 Å². The fourth-order valence-electron chi connectivity index (χ4n) is 0.837. The molecule has 0 bridgehead atoms. The van der Waals surface area contributed by atoms with Crippen LogP contribution in [0, 0.1) is 0 Å². The molecule has 0 rings (SSSR count). The summed E-state index contributed by atoms with van der Waals surface area (Å²) >= 11 is 1.81. The van der Waals surface area contributed by atoms with Gasteiger partial charge in [-0.05, 0) is 26.0 Å². The smallest absolute Gasteiger partial charge is 0.0304 e. The Kier molecular flexibility index (Phi) is 6.71. The second kappa shape index (κ2) is 6.70. The molecular formula is C8H18N2S. The fraction of sp³-hybridized carbons (Fsp3) is 0.750. The van der Waals surface area contributed by atoms with E-state index in [-0.39, 0.29) is 0 Å². The molecule has 1 unspecified atom stereocenters. The van der Waals surface area contributed by atoms with E-state index in [4.69, 9.17) is 5.84 Å². The van der Waals surface area contributed by atoms with Crippen LogP contribution in [-0.4, -0.2) is 18.1 Å². The third kappa shape index (κ3) is 6.41. The third-order valence-electron chi connectivity index (χ3n) is 1.52. The first kappa shape index (κ1) is 11.0. The number of rotatable bonds is 6. The molecule has 0 aromatic carbocycles. The molecule has 0 aromatic rings. The first-order valence-corrected chi connectivity index (χ1v) is 5.19. The SMILES string of the molecule is C=C(C)CCC(CSC)NN. The summed E-state index contributed by atoms with van der Waals surface area (Å²) < 4.78 is 0. The summed E-state index contributed by atoms with van der Waals surface area (Å²) in [6, 6.07) is 0.432. The molecule has 0 radical (unpaired) electrons. The van der Waals surface area contributed by atoms with Crippen LogP contribution in [0.5, 0.6) is 0 Å². The molecule has 3 N–H and O–H groups in total. The van der Waals surface area contributed by atoms with Crippen LogP contribution < -0.4 is 11.3 Å². The van der Waals surface area contributed by atoms with Gasteiger partial charge < -0.3 is 0 Å². The molecule has 11 heavy (non-hydrogen) atoms. The summed E-state index contributed by atoms with van der Waals surface area (Å²) in [5, 5.41) is 0. The number of allylic oxidation sites excluding steroid dienone is 1. The molecule has 0 saturated heterocycles. The largest absolute Gasteiger partial charge is 0.271 e. The Morgan fingerprint density at radius 3 is 2.73 bits per heavy atom. The Morgan fingerprint density at radius 1 is 1.73 bits per heavy atom. The van der Waals surface area contributed by atoms with Crippen LogP contribution >= 0.6 is 11.8 Å². The molecule has 0 aliphatic carbocycles. The molecule has 2 nitrogen and oxygen atoms in total. The van der Waals surface area contributed by atoms with Crippen LogP contribution in [0.4, 0.5) is 0 Å². The van der Waals surface area contributed by atoms with E-state index in [1.165, 1.54) is 5.57 Å². The summed E-state index contributed by atoms with van der Waals surface area (Å²) in [4.78, 5) is 0. The predicted molar refractivity (Wildman–Crippen MR) is 53.5 cm³/mol. The molecule has 0 saturated carbocycles. The zero-order valence-electron chi connectivity index (χ0n) is 7.39. The van der Waals surface area contributed by atoms with Gasteiger partial charge in [-0.3, -0.25) is 11.3 Å². The molecule has 0 spiro atoms. The molecule has 3 heteroatoms. The van der Waals surface area contributed by atoms with Gasteiger partial charge in [0.25, 0.3) is 0 Å². The number of hydrogen-bond acceptors (Lipinski definition) is 3. The standard InChI is InChI=1S/C8H18N2S/c1-7(2)4-5-8(10-9)6-11-3/h8,10H,1,4-6,9H2,2-3H3. The lowest BCUT2D eigenvalue weighted by molar-refractivity contribution is 0.538. The Morgan fingerprint density at radius 2 is 2.36 bits per heavy atom. The van der Waals surface area contributed by atoms with Crippen molar-refractivity contribution in [3.8, 4) is 0 Å². The molecule has 0 heterocycles. The van der Waals surface area contributed by atoms with E-state index in [0.717, 1.165) is 18.6 Å². The van der Waals surface area contributed by atoms with E-state index >= 15 is 0 Å². The molecule has 0 aromatic heterocycles. The highest BCUT2D eigenvalue weighted by atomic mass is 32.2. The van der Waals surface area contributed by atoms with Crippen molar-refractivity contribution in [2.75, 3.05) is 12.0 Å². The highest BCUT2D eigenvalue weighted by Gasteiger charge is 2.03. The Hall–Kier alpha value is 0.01000. The average molecular weight is 174 g/mol. The monoisotopic (exact) mass is 174 g/mol. The van der Waals surface area contributed by atoms with Crippen LogP contribution in [0.2, 0.25) is 0 Å². The summed E-state index contributed by atoms with van der Waals surface area (Å²) in [5.41, 5.74) is 4.02. The summed E-state index contributed by atoms with van der Waals surface area (Å²) in [6.07, 6.45) is 4.24. The van der Waals surface area contributed by atoms with Gasteiger partial charge in [0.15, 0.2) is 0 Å². The van der Waals surface area contributed by atoms with Crippen molar-refractivity contribution in [1.29, 1.82) is 0 Å². The highest BCUT2D eigenvalue weighted by Crippen LogP contribution is 2.07. The number of nitrogens with two attached hydrogens (primary N) is 1. The molecule has 0 fully saturated rings. The third-order valence-corrected chi connectivity index (χ3v) is 2.26. The van der Waals surface area contributed by atoms with Crippen LogP contribution in [0.3, 0.4) is 0 Å². The van der Waals surface area contributed by atoms with Crippen molar-refractivity contribution in [1.82, 2.24) is 5.43 Å². The Balaban J connectivity index is 3.43. The van der Waals surface area contributed by atoms with Gasteiger partial charge in [-0.2, -0.15) is 11.8 Å². The minimum Gasteiger partial charge on any atom is -0.271 e. The van der Waals surface area contributed by atoms with Gasteiger partial charge in [-0.15, -0.1) is 6.58 Å². The van der Waals surface area contributed by atoms with Gasteiger partial charge in [0.05, 0.1) is 0 Å². The van der Waals surface area contributed by atoms with Crippen molar-refractivity contribution in [2.45, 2.75) is 25.8 Å². The first-order valence-electron chi connectivity index (χ1n) is 3.80. The van der Waals surface area contributed by atoms with Crippen molar-refractivity contribution >= 4 is 11.8 Å². The fourth-order valence-corrected chi connectivity index (χ4v) is 1.50. The van der Waals surface area contributed by atoms with Crippen LogP contribution in [0.15, 0.2) is 12.2 Å². The maximum atomic E-state index is 5.35. The van der Waals surface area contributed by atoms with E-state index in [2.05, 4.69) is 18.3 Å². The van der Waals surface area contributed by atoms with Gasteiger partial charge in [0, 0.05) is 11.8 Å². The summed E-state index contributed by atoms with van der Waals surface area (Å²) in [5.74, 6) is 6.43. The second-order valence-corrected chi connectivity index (χ2v) is 3.73. The number of thioether (sulfide) groups is 1. The maximum Gasteiger partial charge on any atom is 0.0304 e. The van der Waals surface area contributed by atoms with Crippen molar-refractivity contribution in [2.24, 2.45) is 5.84 Å². The highest BCUT2D eigenvalue weighted by molar-refractivity contribution is 7.98.